The third-order valence-corrected chi connectivity index (χ3v) is 5.21. The number of halogens is 1. The quantitative estimate of drug-likeness (QED) is 0.812. The van der Waals surface area contributed by atoms with Crippen LogP contribution in [0.25, 0.3) is 0 Å². The minimum absolute atomic E-state index is 0.0825. The van der Waals surface area contributed by atoms with Crippen molar-refractivity contribution in [1.82, 2.24) is 5.32 Å². The highest BCUT2D eigenvalue weighted by Gasteiger charge is 2.33. The third kappa shape index (κ3) is 3.93. The molecule has 4 nitrogen and oxygen atoms in total. The minimum Gasteiger partial charge on any atom is -0.345 e. The van der Waals surface area contributed by atoms with Crippen molar-refractivity contribution in [1.29, 1.82) is 0 Å². The Hall–Kier alpha value is -2.14. The van der Waals surface area contributed by atoms with Gasteiger partial charge in [0.25, 0.3) is 5.91 Å². The predicted octanol–water partition coefficient (Wildman–Crippen LogP) is 4.31. The molecule has 1 atom stereocenters. The Kier molecular flexibility index (Phi) is 5.23. The van der Waals surface area contributed by atoms with Crippen LogP contribution in [0.15, 0.2) is 53.0 Å². The van der Waals surface area contributed by atoms with Gasteiger partial charge in [0, 0.05) is 17.4 Å². The fourth-order valence-corrected chi connectivity index (χ4v) is 3.49. The molecule has 1 unspecified atom stereocenters. The van der Waals surface area contributed by atoms with Gasteiger partial charge in [0.1, 0.15) is 0 Å². The SMILES string of the molecule is CC(NC(=O)c1ccccc1N(C)C(=O)C1CC1)c1ccccc1Br. The van der Waals surface area contributed by atoms with Crippen LogP contribution >= 0.6 is 15.9 Å². The maximum absolute atomic E-state index is 12.8. The number of para-hydroxylation sites is 1. The van der Waals surface area contributed by atoms with E-state index in [1.807, 2.05) is 49.4 Å². The van der Waals surface area contributed by atoms with Crippen LogP contribution in [0.1, 0.15) is 41.7 Å². The van der Waals surface area contributed by atoms with Gasteiger partial charge in [-0.1, -0.05) is 46.3 Å². The third-order valence-electron chi connectivity index (χ3n) is 4.49. The summed E-state index contributed by atoms with van der Waals surface area (Å²) in [4.78, 5) is 26.8. The van der Waals surface area contributed by atoms with Crippen molar-refractivity contribution in [3.8, 4) is 0 Å². The number of rotatable bonds is 5. The van der Waals surface area contributed by atoms with Gasteiger partial charge in [0.05, 0.1) is 17.3 Å². The van der Waals surface area contributed by atoms with E-state index in [1.54, 1.807) is 18.0 Å². The van der Waals surface area contributed by atoms with Crippen molar-refractivity contribution >= 4 is 33.4 Å². The van der Waals surface area contributed by atoms with E-state index in [0.717, 1.165) is 22.9 Å². The van der Waals surface area contributed by atoms with Gasteiger partial charge in [-0.05, 0) is 43.5 Å². The first-order chi connectivity index (χ1) is 12.0. The first-order valence-electron chi connectivity index (χ1n) is 8.41. The largest absolute Gasteiger partial charge is 0.345 e. The summed E-state index contributed by atoms with van der Waals surface area (Å²) >= 11 is 3.52. The second-order valence-corrected chi connectivity index (χ2v) is 7.26. The molecule has 2 aromatic carbocycles. The minimum atomic E-state index is -0.186. The number of benzene rings is 2. The Morgan fingerprint density at radius 3 is 2.44 bits per heavy atom. The van der Waals surface area contributed by atoms with Crippen LogP contribution in [0, 0.1) is 5.92 Å². The monoisotopic (exact) mass is 400 g/mol. The second-order valence-electron chi connectivity index (χ2n) is 6.41. The molecule has 1 saturated carbocycles. The standard InChI is InChI=1S/C20H21BrN2O2/c1-13(15-7-3-5-9-17(15)21)22-19(24)16-8-4-6-10-18(16)23(2)20(25)14-11-12-14/h3-10,13-14H,11-12H2,1-2H3,(H,22,24). The average molecular weight is 401 g/mol. The van der Waals surface area contributed by atoms with Crippen LogP contribution < -0.4 is 10.2 Å². The highest BCUT2D eigenvalue weighted by molar-refractivity contribution is 9.10. The van der Waals surface area contributed by atoms with Crippen molar-refractivity contribution in [2.75, 3.05) is 11.9 Å². The summed E-state index contributed by atoms with van der Waals surface area (Å²) in [6.07, 6.45) is 1.88. The molecule has 1 aliphatic rings. The van der Waals surface area contributed by atoms with Crippen molar-refractivity contribution in [3.05, 3.63) is 64.1 Å². The van der Waals surface area contributed by atoms with Crippen LogP contribution in [0.2, 0.25) is 0 Å². The number of hydrogen-bond donors (Lipinski definition) is 1. The summed E-state index contributed by atoms with van der Waals surface area (Å²) < 4.78 is 0.956. The molecule has 0 spiro atoms. The molecule has 5 heteroatoms. The van der Waals surface area contributed by atoms with E-state index in [2.05, 4.69) is 21.2 Å². The Morgan fingerprint density at radius 1 is 1.12 bits per heavy atom. The van der Waals surface area contributed by atoms with Gasteiger partial charge in [-0.25, -0.2) is 0 Å². The van der Waals surface area contributed by atoms with Gasteiger partial charge in [-0.3, -0.25) is 9.59 Å². The lowest BCUT2D eigenvalue weighted by Crippen LogP contribution is -2.32. The molecule has 0 heterocycles. The van der Waals surface area contributed by atoms with Crippen LogP contribution in [0.4, 0.5) is 5.69 Å². The molecule has 0 saturated heterocycles. The lowest BCUT2D eigenvalue weighted by molar-refractivity contribution is -0.119. The number of carbonyl (C=O) groups is 2. The lowest BCUT2D eigenvalue weighted by atomic mass is 10.1. The zero-order valence-electron chi connectivity index (χ0n) is 14.3. The first kappa shape index (κ1) is 17.7. The van der Waals surface area contributed by atoms with Crippen molar-refractivity contribution in [3.63, 3.8) is 0 Å². The summed E-state index contributed by atoms with van der Waals surface area (Å²) in [6.45, 7) is 1.94. The molecular formula is C20H21BrN2O2. The Labute approximate surface area is 156 Å². The van der Waals surface area contributed by atoms with E-state index in [-0.39, 0.29) is 23.8 Å². The van der Waals surface area contributed by atoms with Crippen molar-refractivity contribution < 1.29 is 9.59 Å². The molecule has 130 valence electrons. The molecule has 1 fully saturated rings. The van der Waals surface area contributed by atoms with E-state index in [1.165, 1.54) is 0 Å². The second kappa shape index (κ2) is 7.40. The summed E-state index contributed by atoms with van der Waals surface area (Å²) in [5, 5.41) is 3.03. The summed E-state index contributed by atoms with van der Waals surface area (Å²) in [5.74, 6) is 0.00807. The number of amides is 2. The van der Waals surface area contributed by atoms with Gasteiger partial charge in [0.15, 0.2) is 0 Å². The first-order valence-corrected chi connectivity index (χ1v) is 9.20. The number of hydrogen-bond acceptors (Lipinski definition) is 2. The molecule has 1 N–H and O–H groups in total. The Balaban J connectivity index is 1.80. The normalized spacial score (nSPS) is 14.7. The van der Waals surface area contributed by atoms with Crippen LogP contribution in [-0.4, -0.2) is 18.9 Å². The number of nitrogens with zero attached hydrogens (tertiary/aromatic N) is 1. The van der Waals surface area contributed by atoms with Crippen LogP contribution in [-0.2, 0) is 4.79 Å². The molecule has 0 aromatic heterocycles. The zero-order chi connectivity index (χ0) is 18.0. The summed E-state index contributed by atoms with van der Waals surface area (Å²) in [5.41, 5.74) is 2.17. The Morgan fingerprint density at radius 2 is 1.76 bits per heavy atom. The molecule has 0 bridgehead atoms. The smallest absolute Gasteiger partial charge is 0.253 e. The predicted molar refractivity (Wildman–Crippen MR) is 103 cm³/mol. The van der Waals surface area contributed by atoms with E-state index in [9.17, 15) is 9.59 Å². The molecule has 3 rings (SSSR count). The van der Waals surface area contributed by atoms with Gasteiger partial charge in [-0.15, -0.1) is 0 Å². The summed E-state index contributed by atoms with van der Waals surface area (Å²) in [6, 6.07) is 14.9. The van der Waals surface area contributed by atoms with Crippen LogP contribution in [0.3, 0.4) is 0 Å². The van der Waals surface area contributed by atoms with E-state index in [4.69, 9.17) is 0 Å². The molecular weight excluding hydrogens is 380 g/mol. The number of nitrogens with one attached hydrogen (secondary N) is 1. The molecule has 0 aliphatic heterocycles. The van der Waals surface area contributed by atoms with Gasteiger partial charge in [0.2, 0.25) is 5.91 Å². The maximum Gasteiger partial charge on any atom is 0.253 e. The number of carbonyl (C=O) groups excluding carboxylic acids is 2. The zero-order valence-corrected chi connectivity index (χ0v) is 15.9. The van der Waals surface area contributed by atoms with Crippen molar-refractivity contribution in [2.45, 2.75) is 25.8 Å². The summed E-state index contributed by atoms with van der Waals surface area (Å²) in [7, 11) is 1.74. The van der Waals surface area contributed by atoms with E-state index < -0.39 is 0 Å². The molecule has 2 aromatic rings. The topological polar surface area (TPSA) is 49.4 Å². The van der Waals surface area contributed by atoms with E-state index in [0.29, 0.717) is 11.3 Å². The van der Waals surface area contributed by atoms with Crippen molar-refractivity contribution in [2.24, 2.45) is 5.92 Å². The fraction of sp³-hybridized carbons (Fsp3) is 0.300. The average Bonchev–Trinajstić information content (AvgIpc) is 3.45. The van der Waals surface area contributed by atoms with Gasteiger partial charge < -0.3 is 10.2 Å². The van der Waals surface area contributed by atoms with E-state index >= 15 is 0 Å². The lowest BCUT2D eigenvalue weighted by Gasteiger charge is -2.22. The fourth-order valence-electron chi connectivity index (χ4n) is 2.86. The molecule has 0 radical (unpaired) electrons. The Bertz CT molecular complexity index is 802. The number of anilines is 1. The van der Waals surface area contributed by atoms with Gasteiger partial charge in [-0.2, -0.15) is 0 Å². The molecule has 1 aliphatic carbocycles. The maximum atomic E-state index is 12.8. The molecule has 2 amide bonds. The highest BCUT2D eigenvalue weighted by Crippen LogP contribution is 2.33. The van der Waals surface area contributed by atoms with Crippen LogP contribution in [0.5, 0.6) is 0 Å². The highest BCUT2D eigenvalue weighted by atomic mass is 79.9. The molecule has 25 heavy (non-hydrogen) atoms. The van der Waals surface area contributed by atoms with Gasteiger partial charge >= 0.3 is 0 Å².